The van der Waals surface area contributed by atoms with E-state index in [4.69, 9.17) is 4.84 Å². The molecule has 112 valence electrons. The van der Waals surface area contributed by atoms with Crippen molar-refractivity contribution in [2.24, 2.45) is 34.7 Å². The van der Waals surface area contributed by atoms with Gasteiger partial charge in [-0.1, -0.05) is 35.0 Å². The molecule has 1 N–H and O–H groups in total. The maximum Gasteiger partial charge on any atom is 0.230 e. The summed E-state index contributed by atoms with van der Waals surface area (Å²) in [5.74, 6) is -0.162. The van der Waals surface area contributed by atoms with Crippen molar-refractivity contribution >= 4 is 17.5 Å². The van der Waals surface area contributed by atoms with Crippen LogP contribution in [0.1, 0.15) is 17.5 Å². The summed E-state index contributed by atoms with van der Waals surface area (Å²) in [6.07, 6.45) is 0.855. The van der Waals surface area contributed by atoms with E-state index in [9.17, 15) is 9.59 Å². The number of imide groups is 1. The maximum atomic E-state index is 12.1. The summed E-state index contributed by atoms with van der Waals surface area (Å²) >= 11 is 0. The third-order valence-corrected chi connectivity index (χ3v) is 5.88. The zero-order valence-corrected chi connectivity index (χ0v) is 12.2. The zero-order chi connectivity index (χ0) is 15.0. The van der Waals surface area contributed by atoms with Crippen LogP contribution in [0.15, 0.2) is 29.4 Å². The summed E-state index contributed by atoms with van der Waals surface area (Å²) in [5.41, 5.74) is 3.21. The molecule has 5 nitrogen and oxygen atoms in total. The molecule has 1 aromatic carbocycles. The molecule has 22 heavy (non-hydrogen) atoms. The first-order valence-corrected chi connectivity index (χ1v) is 7.80. The smallest absolute Gasteiger partial charge is 0.230 e. The highest BCUT2D eigenvalue weighted by Crippen LogP contribution is 2.60. The standard InChI is InChI=1S/C17H16N2O3/c1-7-2-4-8(5-3-7)14-13-9-6-10(15(13)22-19-14)12-11(9)16(20)18-17(12)21/h2-5,9-13,15H,6H2,1H3,(H,18,20,21)/t9-,10+,11+,12-,13+,15+/m0/s1. The number of oxime groups is 1. The Labute approximate surface area is 127 Å². The van der Waals surface area contributed by atoms with Crippen LogP contribution in [0.4, 0.5) is 0 Å². The Kier molecular flexibility index (Phi) is 2.23. The lowest BCUT2D eigenvalue weighted by molar-refractivity contribution is -0.127. The molecule has 2 bridgehead atoms. The fourth-order valence-electron chi connectivity index (χ4n) is 5.01. The lowest BCUT2D eigenvalue weighted by atomic mass is 9.71. The second kappa shape index (κ2) is 3.97. The number of nitrogens with one attached hydrogen (secondary N) is 1. The van der Waals surface area contributed by atoms with Crippen LogP contribution in [0.3, 0.4) is 0 Å². The number of rotatable bonds is 1. The number of carbonyl (C=O) groups is 2. The number of benzene rings is 1. The highest BCUT2D eigenvalue weighted by Gasteiger charge is 2.68. The second-order valence-electron chi connectivity index (χ2n) is 6.91. The number of fused-ring (bicyclic) bond motifs is 8. The number of nitrogens with zero attached hydrogens (tertiary/aromatic N) is 1. The van der Waals surface area contributed by atoms with Crippen LogP contribution in [0.2, 0.25) is 0 Å². The molecule has 1 aromatic rings. The van der Waals surface area contributed by atoms with Crippen molar-refractivity contribution in [3.05, 3.63) is 35.4 Å². The van der Waals surface area contributed by atoms with Gasteiger partial charge in [-0.05, 0) is 24.8 Å². The Morgan fingerprint density at radius 3 is 2.45 bits per heavy atom. The van der Waals surface area contributed by atoms with E-state index >= 15 is 0 Å². The average Bonchev–Trinajstić information content (AvgIpc) is 3.21. The van der Waals surface area contributed by atoms with Gasteiger partial charge in [-0.15, -0.1) is 0 Å². The van der Waals surface area contributed by atoms with Gasteiger partial charge in [0, 0.05) is 11.8 Å². The van der Waals surface area contributed by atoms with E-state index < -0.39 is 0 Å². The molecule has 5 heteroatoms. The van der Waals surface area contributed by atoms with Crippen molar-refractivity contribution in [1.29, 1.82) is 0 Å². The van der Waals surface area contributed by atoms with Crippen LogP contribution in [0, 0.1) is 36.5 Å². The first kappa shape index (κ1) is 12.4. The van der Waals surface area contributed by atoms with Crippen LogP contribution in [0.25, 0.3) is 0 Å². The maximum absolute atomic E-state index is 12.1. The fourth-order valence-corrected chi connectivity index (χ4v) is 5.01. The van der Waals surface area contributed by atoms with Crippen molar-refractivity contribution < 1.29 is 14.4 Å². The predicted molar refractivity (Wildman–Crippen MR) is 77.8 cm³/mol. The lowest BCUT2D eigenvalue weighted by Gasteiger charge is -2.29. The number of hydrogen-bond acceptors (Lipinski definition) is 4. The first-order chi connectivity index (χ1) is 10.6. The number of carbonyl (C=O) groups excluding carboxylic acids is 2. The Balaban J connectivity index is 1.53. The van der Waals surface area contributed by atoms with Crippen molar-refractivity contribution in [3.8, 4) is 0 Å². The van der Waals surface area contributed by atoms with E-state index in [1.807, 2.05) is 0 Å². The van der Waals surface area contributed by atoms with Crippen LogP contribution in [-0.2, 0) is 14.4 Å². The van der Waals surface area contributed by atoms with Gasteiger partial charge in [-0.2, -0.15) is 0 Å². The van der Waals surface area contributed by atoms with Crippen molar-refractivity contribution in [2.45, 2.75) is 19.4 Å². The molecule has 2 heterocycles. The third-order valence-electron chi connectivity index (χ3n) is 5.88. The van der Waals surface area contributed by atoms with E-state index in [1.165, 1.54) is 5.56 Å². The molecule has 0 aromatic heterocycles. The number of hydrogen-bond donors (Lipinski definition) is 1. The fraction of sp³-hybridized carbons (Fsp3) is 0.471. The predicted octanol–water partition coefficient (Wildman–Crippen LogP) is 1.25. The van der Waals surface area contributed by atoms with Gasteiger partial charge in [0.2, 0.25) is 11.8 Å². The van der Waals surface area contributed by atoms with E-state index in [0.29, 0.717) is 0 Å². The summed E-state index contributed by atoms with van der Waals surface area (Å²) < 4.78 is 0. The molecule has 2 saturated carbocycles. The molecule has 3 fully saturated rings. The van der Waals surface area contributed by atoms with Gasteiger partial charge in [0.1, 0.15) is 6.10 Å². The van der Waals surface area contributed by atoms with E-state index in [2.05, 4.69) is 41.7 Å². The summed E-state index contributed by atoms with van der Waals surface area (Å²) in [7, 11) is 0. The van der Waals surface area contributed by atoms with Gasteiger partial charge in [0.15, 0.2) is 0 Å². The Bertz CT molecular complexity index is 724. The summed E-state index contributed by atoms with van der Waals surface area (Å²) in [6.45, 7) is 2.05. The molecule has 0 radical (unpaired) electrons. The average molecular weight is 296 g/mol. The quantitative estimate of drug-likeness (QED) is 0.793. The van der Waals surface area contributed by atoms with Gasteiger partial charge < -0.3 is 4.84 Å². The molecule has 6 atom stereocenters. The minimum absolute atomic E-state index is 0.0424. The first-order valence-electron chi connectivity index (χ1n) is 7.80. The lowest BCUT2D eigenvalue weighted by Crippen LogP contribution is -2.41. The molecular formula is C17H16N2O3. The Morgan fingerprint density at radius 1 is 1.05 bits per heavy atom. The molecular weight excluding hydrogens is 280 g/mol. The molecule has 1 saturated heterocycles. The van der Waals surface area contributed by atoms with Crippen LogP contribution in [0.5, 0.6) is 0 Å². The van der Waals surface area contributed by atoms with Crippen molar-refractivity contribution in [1.82, 2.24) is 5.32 Å². The minimum atomic E-state index is -0.202. The summed E-state index contributed by atoms with van der Waals surface area (Å²) in [6, 6.07) is 8.24. The number of amides is 2. The molecule has 4 aliphatic rings. The van der Waals surface area contributed by atoms with Crippen molar-refractivity contribution in [3.63, 3.8) is 0 Å². The highest BCUT2D eigenvalue weighted by molar-refractivity contribution is 6.08. The SMILES string of the molecule is Cc1ccc(C2=NO[C@@H]3[C@@H]4C[C@@H]([C@H]5C(=O)NC(=O)[C@@H]45)[C@H]23)cc1. The zero-order valence-electron chi connectivity index (χ0n) is 12.2. The van der Waals surface area contributed by atoms with E-state index in [-0.39, 0.29) is 47.5 Å². The molecule has 2 aliphatic carbocycles. The van der Waals surface area contributed by atoms with E-state index in [1.54, 1.807) is 0 Å². The summed E-state index contributed by atoms with van der Waals surface area (Å²) in [5, 5.41) is 6.81. The Morgan fingerprint density at radius 2 is 1.73 bits per heavy atom. The van der Waals surface area contributed by atoms with Gasteiger partial charge in [-0.3, -0.25) is 14.9 Å². The molecule has 2 aliphatic heterocycles. The monoisotopic (exact) mass is 296 g/mol. The van der Waals surface area contributed by atoms with Crippen LogP contribution >= 0.6 is 0 Å². The minimum Gasteiger partial charge on any atom is -0.391 e. The van der Waals surface area contributed by atoms with Gasteiger partial charge in [0.05, 0.1) is 17.5 Å². The van der Waals surface area contributed by atoms with Gasteiger partial charge >= 0.3 is 0 Å². The third kappa shape index (κ3) is 1.36. The van der Waals surface area contributed by atoms with Crippen molar-refractivity contribution in [2.75, 3.05) is 0 Å². The van der Waals surface area contributed by atoms with Gasteiger partial charge in [-0.25, -0.2) is 0 Å². The molecule has 0 unspecified atom stereocenters. The van der Waals surface area contributed by atoms with Crippen LogP contribution in [-0.4, -0.2) is 23.6 Å². The molecule has 5 rings (SSSR count). The normalized spacial score (nSPS) is 41.0. The topological polar surface area (TPSA) is 67.8 Å². The van der Waals surface area contributed by atoms with Crippen LogP contribution < -0.4 is 5.32 Å². The second-order valence-corrected chi connectivity index (χ2v) is 6.91. The Hall–Kier alpha value is -2.17. The summed E-state index contributed by atoms with van der Waals surface area (Å²) in [4.78, 5) is 29.8. The largest absolute Gasteiger partial charge is 0.391 e. The highest BCUT2D eigenvalue weighted by atomic mass is 16.6. The molecule has 2 amide bonds. The van der Waals surface area contributed by atoms with Gasteiger partial charge in [0.25, 0.3) is 0 Å². The number of aryl methyl sites for hydroxylation is 1. The molecule has 0 spiro atoms. The van der Waals surface area contributed by atoms with E-state index in [0.717, 1.165) is 17.7 Å².